The number of alkyl halides is 3. The van der Waals surface area contributed by atoms with E-state index in [0.29, 0.717) is 11.1 Å². The Hall–Kier alpha value is -2.50. The molecule has 6 heteroatoms. The van der Waals surface area contributed by atoms with Crippen molar-refractivity contribution in [2.45, 2.75) is 33.0 Å². The number of fused-ring (bicyclic) bond motifs is 1. The third-order valence-corrected chi connectivity index (χ3v) is 3.99. The number of hydrogen-bond donors (Lipinski definition) is 1. The molecule has 0 bridgehead atoms. The predicted molar refractivity (Wildman–Crippen MR) is 87.0 cm³/mol. The molecule has 0 fully saturated rings. The van der Waals surface area contributed by atoms with Crippen LogP contribution < -0.4 is 0 Å². The van der Waals surface area contributed by atoms with Gasteiger partial charge >= 0.3 is 6.18 Å². The highest BCUT2D eigenvalue weighted by Gasteiger charge is 2.34. The molecule has 3 nitrogen and oxygen atoms in total. The molecule has 0 unspecified atom stereocenters. The maximum Gasteiger partial charge on any atom is 0.418 e. The highest BCUT2D eigenvalue weighted by Crippen LogP contribution is 2.39. The number of halogens is 3. The monoisotopic (exact) mass is 334 g/mol. The van der Waals surface area contributed by atoms with Gasteiger partial charge in [-0.2, -0.15) is 18.3 Å². The molecule has 2 aromatic carbocycles. The van der Waals surface area contributed by atoms with Crippen molar-refractivity contribution in [2.75, 3.05) is 0 Å². The molecule has 0 saturated carbocycles. The van der Waals surface area contributed by atoms with Gasteiger partial charge in [0.1, 0.15) is 11.3 Å². The van der Waals surface area contributed by atoms with Crippen molar-refractivity contribution >= 4 is 10.9 Å². The van der Waals surface area contributed by atoms with Crippen LogP contribution in [0.3, 0.4) is 0 Å². The first kappa shape index (κ1) is 16.4. The zero-order valence-electron chi connectivity index (χ0n) is 13.5. The summed E-state index contributed by atoms with van der Waals surface area (Å²) in [6, 6.07) is 8.82. The Balaban J connectivity index is 2.40. The summed E-state index contributed by atoms with van der Waals surface area (Å²) in [5.74, 6) is 0.118. The minimum Gasteiger partial charge on any atom is -0.508 e. The van der Waals surface area contributed by atoms with Crippen LogP contribution in [0.1, 0.15) is 31.0 Å². The largest absolute Gasteiger partial charge is 0.508 e. The number of phenols is 1. The van der Waals surface area contributed by atoms with Crippen LogP contribution in [0, 0.1) is 6.92 Å². The van der Waals surface area contributed by atoms with Gasteiger partial charge in [-0.3, -0.25) is 4.68 Å². The number of aromatic hydroxyl groups is 1. The van der Waals surface area contributed by atoms with Crippen LogP contribution in [0.5, 0.6) is 5.75 Å². The lowest BCUT2D eigenvalue weighted by Gasteiger charge is -2.13. The molecule has 126 valence electrons. The second-order valence-electron chi connectivity index (χ2n) is 6.09. The molecule has 0 saturated heterocycles. The van der Waals surface area contributed by atoms with Crippen LogP contribution in [0.4, 0.5) is 13.2 Å². The van der Waals surface area contributed by atoms with Gasteiger partial charge in [-0.1, -0.05) is 12.1 Å². The van der Waals surface area contributed by atoms with Gasteiger partial charge in [-0.25, -0.2) is 0 Å². The van der Waals surface area contributed by atoms with Crippen LogP contribution >= 0.6 is 0 Å². The van der Waals surface area contributed by atoms with Gasteiger partial charge in [-0.05, 0) is 50.6 Å². The highest BCUT2D eigenvalue weighted by atomic mass is 19.4. The van der Waals surface area contributed by atoms with Gasteiger partial charge in [0.15, 0.2) is 0 Å². The zero-order chi connectivity index (χ0) is 17.6. The molecule has 0 aliphatic rings. The Kier molecular flexibility index (Phi) is 3.78. The maximum atomic E-state index is 13.3. The summed E-state index contributed by atoms with van der Waals surface area (Å²) in [5.41, 5.74) is 1.36. The third kappa shape index (κ3) is 2.62. The minimum absolute atomic E-state index is 0.0545. The number of aromatic nitrogens is 2. The van der Waals surface area contributed by atoms with Gasteiger partial charge in [-0.15, -0.1) is 0 Å². The van der Waals surface area contributed by atoms with E-state index < -0.39 is 11.7 Å². The molecule has 0 atom stereocenters. The van der Waals surface area contributed by atoms with E-state index in [2.05, 4.69) is 5.10 Å². The first-order valence-corrected chi connectivity index (χ1v) is 7.58. The quantitative estimate of drug-likeness (QED) is 0.689. The fourth-order valence-electron chi connectivity index (χ4n) is 2.91. The van der Waals surface area contributed by atoms with Crippen LogP contribution in [0.2, 0.25) is 0 Å². The lowest BCUT2D eigenvalue weighted by Crippen LogP contribution is -2.07. The number of rotatable bonds is 2. The van der Waals surface area contributed by atoms with E-state index in [9.17, 15) is 18.3 Å². The zero-order valence-corrected chi connectivity index (χ0v) is 13.5. The molecule has 0 spiro atoms. The molecule has 24 heavy (non-hydrogen) atoms. The van der Waals surface area contributed by atoms with Gasteiger partial charge < -0.3 is 5.11 Å². The summed E-state index contributed by atoms with van der Waals surface area (Å²) in [6.45, 7) is 5.56. The maximum absolute atomic E-state index is 13.3. The van der Waals surface area contributed by atoms with Gasteiger partial charge in [0, 0.05) is 17.0 Å². The Bertz CT molecular complexity index is 911. The highest BCUT2D eigenvalue weighted by molar-refractivity contribution is 5.96. The molecular formula is C18H17F3N2O. The Morgan fingerprint density at radius 2 is 1.83 bits per heavy atom. The van der Waals surface area contributed by atoms with Crippen molar-refractivity contribution in [1.29, 1.82) is 0 Å². The van der Waals surface area contributed by atoms with Crippen LogP contribution in [0.15, 0.2) is 36.4 Å². The summed E-state index contributed by atoms with van der Waals surface area (Å²) in [7, 11) is 0. The van der Waals surface area contributed by atoms with Crippen molar-refractivity contribution in [3.05, 3.63) is 47.5 Å². The lowest BCUT2D eigenvalue weighted by atomic mass is 10.0. The van der Waals surface area contributed by atoms with Crippen LogP contribution in [-0.4, -0.2) is 14.9 Å². The average molecular weight is 334 g/mol. The second-order valence-corrected chi connectivity index (χ2v) is 6.09. The molecule has 1 N–H and O–H groups in total. The number of nitrogens with zero attached hydrogens (tertiary/aromatic N) is 2. The van der Waals surface area contributed by atoms with Gasteiger partial charge in [0.25, 0.3) is 0 Å². The first-order valence-electron chi connectivity index (χ1n) is 7.58. The number of hydrogen-bond acceptors (Lipinski definition) is 2. The fraction of sp³-hybridized carbons (Fsp3) is 0.278. The van der Waals surface area contributed by atoms with Crippen molar-refractivity contribution in [2.24, 2.45) is 0 Å². The topological polar surface area (TPSA) is 38.1 Å². The van der Waals surface area contributed by atoms with Crippen molar-refractivity contribution < 1.29 is 18.3 Å². The Morgan fingerprint density at radius 1 is 1.12 bits per heavy atom. The Labute approximate surface area is 137 Å². The molecular weight excluding hydrogens is 317 g/mol. The minimum atomic E-state index is -4.46. The molecule has 0 aliphatic carbocycles. The van der Waals surface area contributed by atoms with Gasteiger partial charge in [0.2, 0.25) is 0 Å². The van der Waals surface area contributed by atoms with Crippen molar-refractivity contribution in [3.63, 3.8) is 0 Å². The van der Waals surface area contributed by atoms with Crippen molar-refractivity contribution in [1.82, 2.24) is 9.78 Å². The molecule has 3 rings (SSSR count). The van der Waals surface area contributed by atoms with Crippen molar-refractivity contribution in [3.8, 4) is 17.0 Å². The van der Waals surface area contributed by atoms with E-state index in [4.69, 9.17) is 0 Å². The summed E-state index contributed by atoms with van der Waals surface area (Å²) in [6.07, 6.45) is -4.46. The van der Waals surface area contributed by atoms with E-state index in [-0.39, 0.29) is 17.3 Å². The molecule has 0 radical (unpaired) electrons. The lowest BCUT2D eigenvalue weighted by molar-refractivity contribution is -0.136. The second kappa shape index (κ2) is 5.54. The number of benzene rings is 2. The summed E-state index contributed by atoms with van der Waals surface area (Å²) >= 11 is 0. The predicted octanol–water partition coefficient (Wildman–Crippen LogP) is 5.32. The van der Waals surface area contributed by atoms with Gasteiger partial charge in [0.05, 0.1) is 11.3 Å². The molecule has 3 aromatic rings. The first-order chi connectivity index (χ1) is 11.2. The smallest absolute Gasteiger partial charge is 0.418 e. The van der Waals surface area contributed by atoms with E-state index >= 15 is 0 Å². The average Bonchev–Trinajstić information content (AvgIpc) is 2.85. The standard InChI is InChI=1S/C18H17F3N2O/c1-10(2)23-17(13-8-7-12(24)9-11(13)3)14-5-4-6-15(16(14)22-23)18(19,20)21/h4-10,24H,1-3H3. The van der Waals surface area contributed by atoms with Crippen LogP contribution in [-0.2, 0) is 6.18 Å². The molecule has 1 heterocycles. The summed E-state index contributed by atoms with van der Waals surface area (Å²) in [5, 5.41) is 14.3. The molecule has 0 amide bonds. The fourth-order valence-corrected chi connectivity index (χ4v) is 2.91. The third-order valence-electron chi connectivity index (χ3n) is 3.99. The molecule has 1 aromatic heterocycles. The summed E-state index contributed by atoms with van der Waals surface area (Å²) < 4.78 is 41.5. The van der Waals surface area contributed by atoms with E-state index in [1.807, 2.05) is 20.8 Å². The van der Waals surface area contributed by atoms with E-state index in [0.717, 1.165) is 17.2 Å². The number of phenolic OH excluding ortho intramolecular Hbond substituents is 1. The number of aryl methyl sites for hydroxylation is 1. The van der Waals surface area contributed by atoms with E-state index in [1.54, 1.807) is 22.9 Å². The van der Waals surface area contributed by atoms with Crippen LogP contribution in [0.25, 0.3) is 22.2 Å². The molecule has 0 aliphatic heterocycles. The Morgan fingerprint density at radius 3 is 2.42 bits per heavy atom. The normalized spacial score (nSPS) is 12.3. The van der Waals surface area contributed by atoms with E-state index in [1.165, 1.54) is 12.1 Å². The summed E-state index contributed by atoms with van der Waals surface area (Å²) in [4.78, 5) is 0. The SMILES string of the molecule is Cc1cc(O)ccc1-c1c2cccc(C(F)(F)F)c2nn1C(C)C.